The van der Waals surface area contributed by atoms with Crippen molar-refractivity contribution < 1.29 is 4.79 Å². The average Bonchev–Trinajstić information content (AvgIpc) is 3.04. The lowest BCUT2D eigenvalue weighted by atomic mass is 10.3. The van der Waals surface area contributed by atoms with E-state index in [0.717, 1.165) is 5.65 Å². The predicted octanol–water partition coefficient (Wildman–Crippen LogP) is 2.01. The van der Waals surface area contributed by atoms with Crippen LogP contribution < -0.4 is 10.9 Å². The summed E-state index contributed by atoms with van der Waals surface area (Å²) in [5, 5.41) is 3.39. The van der Waals surface area contributed by atoms with E-state index in [2.05, 4.69) is 15.3 Å². The van der Waals surface area contributed by atoms with Crippen LogP contribution in [0.25, 0.3) is 16.7 Å². The molecule has 1 amide bonds. The van der Waals surface area contributed by atoms with E-state index in [1.54, 1.807) is 47.1 Å². The van der Waals surface area contributed by atoms with Gasteiger partial charge in [-0.3, -0.25) is 14.2 Å². The summed E-state index contributed by atoms with van der Waals surface area (Å²) >= 11 is 5.95. The van der Waals surface area contributed by atoms with E-state index in [-0.39, 0.29) is 24.6 Å². The van der Waals surface area contributed by atoms with Crippen LogP contribution in [0.4, 0.5) is 0 Å². The fourth-order valence-corrected chi connectivity index (χ4v) is 2.94. The highest BCUT2D eigenvalue weighted by Crippen LogP contribution is 2.12. The van der Waals surface area contributed by atoms with Gasteiger partial charge in [0, 0.05) is 12.4 Å². The highest BCUT2D eigenvalue weighted by Gasteiger charge is 2.10. The van der Waals surface area contributed by atoms with Crippen LogP contribution in [0.1, 0.15) is 5.69 Å². The van der Waals surface area contributed by atoms with Crippen LogP contribution in [0.5, 0.6) is 0 Å². The second kappa shape index (κ2) is 6.61. The maximum atomic E-state index is 12.3. The fourth-order valence-electron chi connectivity index (χ4n) is 2.77. The molecule has 0 aliphatic rings. The van der Waals surface area contributed by atoms with E-state index < -0.39 is 0 Å². The molecule has 0 bridgehead atoms. The third-order valence-corrected chi connectivity index (χ3v) is 4.21. The Labute approximate surface area is 152 Å². The normalized spacial score (nSPS) is 11.1. The molecule has 1 aromatic carbocycles. The van der Waals surface area contributed by atoms with E-state index in [9.17, 15) is 9.59 Å². The lowest BCUT2D eigenvalue weighted by Gasteiger charge is -2.09. The van der Waals surface area contributed by atoms with Crippen molar-refractivity contribution in [2.24, 2.45) is 0 Å². The number of imidazole rings is 1. The van der Waals surface area contributed by atoms with Crippen molar-refractivity contribution in [2.45, 2.75) is 13.1 Å². The zero-order valence-electron chi connectivity index (χ0n) is 13.6. The lowest BCUT2D eigenvalue weighted by Crippen LogP contribution is -2.32. The Morgan fingerprint density at radius 1 is 1.15 bits per heavy atom. The standard InChI is InChI=1S/C18H14ClN5O2/c19-12-5-6-16-22-13(10-23(16)9-12)7-21-17(25)11-24-15-4-2-1-3-14(15)20-8-18(24)26/h1-6,8-10H,7,11H2,(H,21,25). The van der Waals surface area contributed by atoms with E-state index in [1.807, 2.05) is 6.07 Å². The number of aromatic nitrogens is 4. The Bertz CT molecular complexity index is 1180. The number of nitrogens with zero attached hydrogens (tertiary/aromatic N) is 4. The van der Waals surface area contributed by atoms with Crippen LogP contribution in [0.2, 0.25) is 5.02 Å². The molecular formula is C18H14ClN5O2. The van der Waals surface area contributed by atoms with Gasteiger partial charge >= 0.3 is 0 Å². The number of benzene rings is 1. The van der Waals surface area contributed by atoms with Crippen LogP contribution in [0.3, 0.4) is 0 Å². The van der Waals surface area contributed by atoms with E-state index in [4.69, 9.17) is 11.6 Å². The van der Waals surface area contributed by atoms with Gasteiger partial charge in [-0.2, -0.15) is 0 Å². The molecule has 4 rings (SSSR count). The molecule has 0 spiro atoms. The summed E-state index contributed by atoms with van der Waals surface area (Å²) in [6, 6.07) is 10.8. The number of hydrogen-bond donors (Lipinski definition) is 1. The first kappa shape index (κ1) is 16.3. The topological polar surface area (TPSA) is 81.3 Å². The molecule has 3 heterocycles. The predicted molar refractivity (Wildman–Crippen MR) is 98.1 cm³/mol. The molecule has 0 atom stereocenters. The minimum Gasteiger partial charge on any atom is -0.349 e. The van der Waals surface area contributed by atoms with Crippen molar-refractivity contribution in [1.29, 1.82) is 0 Å². The molecule has 0 aliphatic carbocycles. The van der Waals surface area contributed by atoms with Gasteiger partial charge in [0.1, 0.15) is 12.2 Å². The molecule has 26 heavy (non-hydrogen) atoms. The number of fused-ring (bicyclic) bond motifs is 2. The van der Waals surface area contributed by atoms with Gasteiger partial charge in [-0.1, -0.05) is 23.7 Å². The van der Waals surface area contributed by atoms with Crippen LogP contribution >= 0.6 is 11.6 Å². The molecule has 0 radical (unpaired) electrons. The van der Waals surface area contributed by atoms with Gasteiger partial charge in [-0.05, 0) is 24.3 Å². The second-order valence-corrected chi connectivity index (χ2v) is 6.23. The lowest BCUT2D eigenvalue weighted by molar-refractivity contribution is -0.121. The first-order chi connectivity index (χ1) is 12.6. The van der Waals surface area contributed by atoms with Gasteiger partial charge in [0.25, 0.3) is 5.56 Å². The summed E-state index contributed by atoms with van der Waals surface area (Å²) in [6.45, 7) is 0.178. The van der Waals surface area contributed by atoms with Crippen molar-refractivity contribution in [1.82, 2.24) is 24.3 Å². The van der Waals surface area contributed by atoms with E-state index >= 15 is 0 Å². The zero-order chi connectivity index (χ0) is 18.1. The highest BCUT2D eigenvalue weighted by atomic mass is 35.5. The molecular weight excluding hydrogens is 354 g/mol. The number of halogens is 1. The van der Waals surface area contributed by atoms with Crippen molar-refractivity contribution in [2.75, 3.05) is 0 Å². The van der Waals surface area contributed by atoms with Crippen molar-refractivity contribution in [3.05, 3.63) is 76.1 Å². The number of nitrogens with one attached hydrogen (secondary N) is 1. The van der Waals surface area contributed by atoms with Gasteiger partial charge in [-0.15, -0.1) is 0 Å². The molecule has 0 unspecified atom stereocenters. The quantitative estimate of drug-likeness (QED) is 0.598. The molecule has 130 valence electrons. The third-order valence-electron chi connectivity index (χ3n) is 3.99. The van der Waals surface area contributed by atoms with Crippen molar-refractivity contribution in [3.63, 3.8) is 0 Å². The van der Waals surface area contributed by atoms with E-state index in [0.29, 0.717) is 21.7 Å². The fraction of sp³-hybridized carbons (Fsp3) is 0.111. The monoisotopic (exact) mass is 367 g/mol. The summed E-state index contributed by atoms with van der Waals surface area (Å²) in [4.78, 5) is 32.9. The Morgan fingerprint density at radius 2 is 2.00 bits per heavy atom. The summed E-state index contributed by atoms with van der Waals surface area (Å²) in [5.74, 6) is -0.279. The van der Waals surface area contributed by atoms with Gasteiger partial charge in [0.2, 0.25) is 5.91 Å². The molecule has 3 aromatic heterocycles. The molecule has 1 N–H and O–H groups in total. The highest BCUT2D eigenvalue weighted by molar-refractivity contribution is 6.30. The maximum Gasteiger partial charge on any atom is 0.269 e. The molecule has 7 nitrogen and oxygen atoms in total. The van der Waals surface area contributed by atoms with Gasteiger partial charge in [0.15, 0.2) is 0 Å². The first-order valence-corrected chi connectivity index (χ1v) is 8.32. The summed E-state index contributed by atoms with van der Waals surface area (Å²) in [6.07, 6.45) is 4.77. The summed E-state index contributed by atoms with van der Waals surface area (Å²) < 4.78 is 3.20. The van der Waals surface area contributed by atoms with Crippen LogP contribution in [0, 0.1) is 0 Å². The minimum atomic E-state index is -0.318. The Balaban J connectivity index is 1.50. The number of hydrogen-bond acceptors (Lipinski definition) is 4. The molecule has 0 saturated heterocycles. The molecule has 0 aliphatic heterocycles. The largest absolute Gasteiger partial charge is 0.349 e. The number of pyridine rings is 1. The number of carbonyl (C=O) groups excluding carboxylic acids is 1. The third kappa shape index (κ3) is 3.16. The second-order valence-electron chi connectivity index (χ2n) is 5.79. The smallest absolute Gasteiger partial charge is 0.269 e. The minimum absolute atomic E-state index is 0.0823. The van der Waals surface area contributed by atoms with Gasteiger partial charge in [0.05, 0.1) is 34.5 Å². The Morgan fingerprint density at radius 3 is 2.88 bits per heavy atom. The van der Waals surface area contributed by atoms with Crippen molar-refractivity contribution >= 4 is 34.2 Å². The number of para-hydroxylation sites is 2. The van der Waals surface area contributed by atoms with Crippen LogP contribution in [-0.4, -0.2) is 24.8 Å². The number of amides is 1. The van der Waals surface area contributed by atoms with Crippen LogP contribution in [0.15, 0.2) is 59.8 Å². The van der Waals surface area contributed by atoms with Crippen molar-refractivity contribution in [3.8, 4) is 0 Å². The van der Waals surface area contributed by atoms with E-state index in [1.165, 1.54) is 10.8 Å². The Kier molecular flexibility index (Phi) is 4.14. The molecule has 0 fully saturated rings. The summed E-state index contributed by atoms with van der Waals surface area (Å²) in [7, 11) is 0. The number of rotatable bonds is 4. The Hall–Kier alpha value is -3.19. The van der Waals surface area contributed by atoms with Gasteiger partial charge < -0.3 is 9.72 Å². The van der Waals surface area contributed by atoms with Gasteiger partial charge in [-0.25, -0.2) is 9.97 Å². The molecule has 0 saturated carbocycles. The molecule has 8 heteroatoms. The maximum absolute atomic E-state index is 12.3. The number of carbonyl (C=O) groups is 1. The first-order valence-electron chi connectivity index (χ1n) is 7.94. The zero-order valence-corrected chi connectivity index (χ0v) is 14.3. The van der Waals surface area contributed by atoms with Crippen LogP contribution in [-0.2, 0) is 17.9 Å². The molecule has 4 aromatic rings. The SMILES string of the molecule is O=C(Cn1c(=O)cnc2ccccc21)NCc1cn2cc(Cl)ccc2n1. The average molecular weight is 368 g/mol. The summed E-state index contributed by atoms with van der Waals surface area (Å²) in [5.41, 5.74) is 2.42.